The monoisotopic (exact) mass is 174 g/mol. The van der Waals surface area contributed by atoms with Crippen molar-refractivity contribution in [2.75, 3.05) is 0 Å². The first-order chi connectivity index (χ1) is 6.27. The average Bonchev–Trinajstić information content (AvgIpc) is 2.48. The van der Waals surface area contributed by atoms with Crippen LogP contribution in [0.5, 0.6) is 0 Å². The van der Waals surface area contributed by atoms with E-state index in [1.807, 2.05) is 23.0 Å². The van der Waals surface area contributed by atoms with Gasteiger partial charge in [-0.2, -0.15) is 5.10 Å². The van der Waals surface area contributed by atoms with Crippen molar-refractivity contribution in [3.63, 3.8) is 0 Å². The molecular weight excluding hydrogens is 160 g/mol. The fourth-order valence-electron chi connectivity index (χ4n) is 1.61. The fourth-order valence-corrected chi connectivity index (χ4v) is 1.61. The number of fused-ring (bicyclic) bond motifs is 1. The van der Waals surface area contributed by atoms with Gasteiger partial charge in [-0.25, -0.2) is 4.52 Å². The van der Waals surface area contributed by atoms with Gasteiger partial charge in [-0.05, 0) is 36.1 Å². The Morgan fingerprint density at radius 2 is 2.23 bits per heavy atom. The van der Waals surface area contributed by atoms with Crippen molar-refractivity contribution in [2.45, 2.75) is 20.3 Å². The smallest absolute Gasteiger partial charge is 0.0678 e. The third-order valence-electron chi connectivity index (χ3n) is 2.15. The molecule has 0 aliphatic heterocycles. The molecule has 0 atom stereocenters. The van der Waals surface area contributed by atoms with Gasteiger partial charge in [0.1, 0.15) is 0 Å². The minimum Gasteiger partial charge on any atom is -0.241 e. The summed E-state index contributed by atoms with van der Waals surface area (Å²) in [5.41, 5.74) is 2.62. The highest BCUT2D eigenvalue weighted by atomic mass is 15.2. The Morgan fingerprint density at radius 3 is 3.00 bits per heavy atom. The summed E-state index contributed by atoms with van der Waals surface area (Å²) < 4.78 is 1.93. The van der Waals surface area contributed by atoms with Crippen LogP contribution in [-0.4, -0.2) is 9.61 Å². The highest BCUT2D eigenvalue weighted by molar-refractivity contribution is 5.54. The molecule has 0 aliphatic carbocycles. The van der Waals surface area contributed by atoms with E-state index in [1.54, 1.807) is 0 Å². The number of nitrogens with zero attached hydrogens (tertiary/aromatic N) is 2. The van der Waals surface area contributed by atoms with E-state index in [1.165, 1.54) is 11.1 Å². The van der Waals surface area contributed by atoms with Crippen molar-refractivity contribution in [1.29, 1.82) is 0 Å². The maximum atomic E-state index is 4.23. The lowest BCUT2D eigenvalue weighted by atomic mass is 10.0. The average molecular weight is 174 g/mol. The molecule has 0 spiro atoms. The number of aromatic nitrogens is 2. The van der Waals surface area contributed by atoms with E-state index in [9.17, 15) is 0 Å². The molecule has 0 saturated carbocycles. The first-order valence-corrected chi connectivity index (χ1v) is 4.68. The van der Waals surface area contributed by atoms with Gasteiger partial charge in [0.25, 0.3) is 0 Å². The zero-order valence-electron chi connectivity index (χ0n) is 8.07. The van der Waals surface area contributed by atoms with Crippen LogP contribution in [0.3, 0.4) is 0 Å². The number of hydrogen-bond donors (Lipinski definition) is 0. The molecule has 0 saturated heterocycles. The van der Waals surface area contributed by atoms with Gasteiger partial charge in [-0.1, -0.05) is 13.8 Å². The van der Waals surface area contributed by atoms with Crippen molar-refractivity contribution < 1.29 is 0 Å². The van der Waals surface area contributed by atoms with E-state index in [4.69, 9.17) is 0 Å². The third-order valence-corrected chi connectivity index (χ3v) is 2.15. The first-order valence-electron chi connectivity index (χ1n) is 4.68. The lowest BCUT2D eigenvalue weighted by Crippen LogP contribution is -1.94. The summed E-state index contributed by atoms with van der Waals surface area (Å²) in [4.78, 5) is 0. The number of hydrogen-bond acceptors (Lipinski definition) is 1. The quantitative estimate of drug-likeness (QED) is 0.684. The van der Waals surface area contributed by atoms with Gasteiger partial charge >= 0.3 is 0 Å². The molecule has 0 fully saturated rings. The highest BCUT2D eigenvalue weighted by Crippen LogP contribution is 2.14. The summed E-state index contributed by atoms with van der Waals surface area (Å²) >= 11 is 0. The third kappa shape index (κ3) is 1.57. The Labute approximate surface area is 78.2 Å². The van der Waals surface area contributed by atoms with E-state index in [-0.39, 0.29) is 0 Å². The van der Waals surface area contributed by atoms with Gasteiger partial charge in [0.2, 0.25) is 0 Å². The molecule has 0 aliphatic rings. The van der Waals surface area contributed by atoms with Gasteiger partial charge in [0.15, 0.2) is 0 Å². The summed E-state index contributed by atoms with van der Waals surface area (Å²) in [5, 5.41) is 4.23. The Bertz CT molecular complexity index is 401. The maximum absolute atomic E-state index is 4.23. The lowest BCUT2D eigenvalue weighted by molar-refractivity contribution is 0.650. The predicted octanol–water partition coefficient (Wildman–Crippen LogP) is 2.53. The molecular formula is C11H14N2. The second kappa shape index (κ2) is 3.21. The molecule has 13 heavy (non-hydrogen) atoms. The van der Waals surface area contributed by atoms with E-state index in [0.29, 0.717) is 5.92 Å². The minimum absolute atomic E-state index is 0.700. The van der Waals surface area contributed by atoms with Gasteiger partial charge in [0, 0.05) is 12.4 Å². The van der Waals surface area contributed by atoms with Crippen LogP contribution in [0.2, 0.25) is 0 Å². The SMILES string of the molecule is CC(C)Cc1ccn2ncccc12. The molecule has 2 heterocycles. The Balaban J connectivity index is 2.46. The molecule has 0 N–H and O–H groups in total. The topological polar surface area (TPSA) is 17.3 Å². The van der Waals surface area contributed by atoms with Crippen LogP contribution in [0.1, 0.15) is 19.4 Å². The van der Waals surface area contributed by atoms with Gasteiger partial charge in [-0.3, -0.25) is 0 Å². The summed E-state index contributed by atoms with van der Waals surface area (Å²) in [7, 11) is 0. The Hall–Kier alpha value is -1.31. The van der Waals surface area contributed by atoms with Gasteiger partial charge in [0.05, 0.1) is 5.52 Å². The van der Waals surface area contributed by atoms with Crippen molar-refractivity contribution in [3.8, 4) is 0 Å². The Morgan fingerprint density at radius 1 is 1.38 bits per heavy atom. The van der Waals surface area contributed by atoms with E-state index in [0.717, 1.165) is 6.42 Å². The molecule has 2 heteroatoms. The van der Waals surface area contributed by atoms with Gasteiger partial charge < -0.3 is 0 Å². The summed E-state index contributed by atoms with van der Waals surface area (Å²) in [6.45, 7) is 4.47. The zero-order chi connectivity index (χ0) is 9.26. The molecule has 2 nitrogen and oxygen atoms in total. The second-order valence-electron chi connectivity index (χ2n) is 3.79. The molecule has 0 radical (unpaired) electrons. The van der Waals surface area contributed by atoms with E-state index >= 15 is 0 Å². The van der Waals surface area contributed by atoms with Crippen LogP contribution >= 0.6 is 0 Å². The lowest BCUT2D eigenvalue weighted by Gasteiger charge is -2.02. The van der Waals surface area contributed by atoms with Crippen LogP contribution < -0.4 is 0 Å². The summed E-state index contributed by atoms with van der Waals surface area (Å²) in [6.07, 6.45) is 4.96. The molecule has 2 rings (SSSR count). The minimum atomic E-state index is 0.700. The first kappa shape index (κ1) is 8.30. The summed E-state index contributed by atoms with van der Waals surface area (Å²) in [5.74, 6) is 0.700. The van der Waals surface area contributed by atoms with Crippen LogP contribution in [0.25, 0.3) is 5.52 Å². The van der Waals surface area contributed by atoms with Gasteiger partial charge in [-0.15, -0.1) is 0 Å². The normalized spacial score (nSPS) is 11.3. The highest BCUT2D eigenvalue weighted by Gasteiger charge is 2.03. The molecule has 0 bridgehead atoms. The second-order valence-corrected chi connectivity index (χ2v) is 3.79. The van der Waals surface area contributed by atoms with Crippen molar-refractivity contribution in [3.05, 3.63) is 36.2 Å². The van der Waals surface area contributed by atoms with Crippen LogP contribution in [0.15, 0.2) is 30.6 Å². The molecule has 0 unspecified atom stereocenters. The van der Waals surface area contributed by atoms with Crippen molar-refractivity contribution >= 4 is 5.52 Å². The number of rotatable bonds is 2. The van der Waals surface area contributed by atoms with Crippen LogP contribution in [0.4, 0.5) is 0 Å². The standard InChI is InChI=1S/C11H14N2/c1-9(2)8-10-5-7-13-11(10)4-3-6-12-13/h3-7,9H,8H2,1-2H3. The fraction of sp³-hybridized carbons (Fsp3) is 0.364. The van der Waals surface area contributed by atoms with Crippen molar-refractivity contribution in [1.82, 2.24) is 9.61 Å². The molecule has 0 aromatic carbocycles. The molecule has 68 valence electrons. The van der Waals surface area contributed by atoms with E-state index < -0.39 is 0 Å². The maximum Gasteiger partial charge on any atom is 0.0678 e. The predicted molar refractivity (Wildman–Crippen MR) is 53.7 cm³/mol. The molecule has 2 aromatic heterocycles. The van der Waals surface area contributed by atoms with Crippen molar-refractivity contribution in [2.24, 2.45) is 5.92 Å². The van der Waals surface area contributed by atoms with Crippen LogP contribution in [-0.2, 0) is 6.42 Å². The summed E-state index contributed by atoms with van der Waals surface area (Å²) in [6, 6.07) is 6.26. The van der Waals surface area contributed by atoms with E-state index in [2.05, 4.69) is 31.1 Å². The van der Waals surface area contributed by atoms with Crippen LogP contribution in [0, 0.1) is 5.92 Å². The molecule has 2 aromatic rings. The largest absolute Gasteiger partial charge is 0.241 e. The zero-order valence-corrected chi connectivity index (χ0v) is 8.07. The Kier molecular flexibility index (Phi) is 2.05. The molecule has 0 amide bonds.